The van der Waals surface area contributed by atoms with Crippen LogP contribution in [0, 0.1) is 0 Å². The third kappa shape index (κ3) is 6.27. The summed E-state index contributed by atoms with van der Waals surface area (Å²) in [6.07, 6.45) is 11.8. The van der Waals surface area contributed by atoms with Crippen molar-refractivity contribution in [2.24, 2.45) is 0 Å². The first kappa shape index (κ1) is 19.2. The molecule has 0 aromatic rings. The summed E-state index contributed by atoms with van der Waals surface area (Å²) < 4.78 is 6.31. The van der Waals surface area contributed by atoms with Crippen molar-refractivity contribution in [3.8, 4) is 0 Å². The standard InChI is InChI=1S/C18H33ClN4O2/c1-12-10-16(19)22-17(20-12)23-18(24)21-13-6-5-9-15(11-13)25-14-7-3-2-4-8-14/h12-17,20,22H,2-11H2,1H3,(H2,21,23,24). The molecule has 0 radical (unpaired) electrons. The zero-order valence-corrected chi connectivity index (χ0v) is 16.0. The van der Waals surface area contributed by atoms with Crippen molar-refractivity contribution in [1.29, 1.82) is 0 Å². The Morgan fingerprint density at radius 1 is 0.960 bits per heavy atom. The molecule has 0 spiro atoms. The van der Waals surface area contributed by atoms with Crippen LogP contribution < -0.4 is 21.3 Å². The summed E-state index contributed by atoms with van der Waals surface area (Å²) >= 11 is 6.15. The average Bonchev–Trinajstić information content (AvgIpc) is 2.55. The van der Waals surface area contributed by atoms with Crippen LogP contribution in [0.3, 0.4) is 0 Å². The second-order valence-corrected chi connectivity index (χ2v) is 8.40. The number of nitrogens with one attached hydrogen (secondary N) is 4. The molecule has 3 rings (SSSR count). The summed E-state index contributed by atoms with van der Waals surface area (Å²) in [7, 11) is 0. The molecule has 2 aliphatic carbocycles. The molecule has 1 aliphatic heterocycles. The molecule has 5 unspecified atom stereocenters. The lowest BCUT2D eigenvalue weighted by Gasteiger charge is -2.35. The number of hydrogen-bond acceptors (Lipinski definition) is 4. The minimum Gasteiger partial charge on any atom is -0.375 e. The van der Waals surface area contributed by atoms with Crippen LogP contribution in [-0.4, -0.2) is 42.1 Å². The maximum absolute atomic E-state index is 12.3. The van der Waals surface area contributed by atoms with Crippen LogP contribution in [0.2, 0.25) is 0 Å². The van der Waals surface area contributed by atoms with Crippen molar-refractivity contribution in [3.05, 3.63) is 0 Å². The van der Waals surface area contributed by atoms with Gasteiger partial charge < -0.3 is 15.4 Å². The number of ether oxygens (including phenoxy) is 1. The lowest BCUT2D eigenvalue weighted by atomic mass is 9.91. The first-order chi connectivity index (χ1) is 12.1. The van der Waals surface area contributed by atoms with Gasteiger partial charge >= 0.3 is 6.03 Å². The van der Waals surface area contributed by atoms with Gasteiger partial charge in [0.1, 0.15) is 6.29 Å². The van der Waals surface area contributed by atoms with E-state index in [9.17, 15) is 4.79 Å². The number of urea groups is 1. The van der Waals surface area contributed by atoms with Crippen molar-refractivity contribution >= 4 is 17.6 Å². The van der Waals surface area contributed by atoms with Gasteiger partial charge in [0.25, 0.3) is 0 Å². The zero-order chi connectivity index (χ0) is 17.6. The Balaban J connectivity index is 1.40. The van der Waals surface area contributed by atoms with E-state index >= 15 is 0 Å². The van der Waals surface area contributed by atoms with E-state index in [0.717, 1.165) is 32.1 Å². The molecule has 5 atom stereocenters. The fourth-order valence-electron chi connectivity index (χ4n) is 4.27. The Bertz CT molecular complexity index is 423. The number of rotatable bonds is 4. The second kappa shape index (κ2) is 9.40. The van der Waals surface area contributed by atoms with E-state index in [1.54, 1.807) is 0 Å². The smallest absolute Gasteiger partial charge is 0.317 e. The Hall–Kier alpha value is -0.560. The summed E-state index contributed by atoms with van der Waals surface area (Å²) in [5.74, 6) is 0. The zero-order valence-electron chi connectivity index (χ0n) is 15.2. The molecule has 0 aromatic heterocycles. The van der Waals surface area contributed by atoms with E-state index in [4.69, 9.17) is 16.3 Å². The van der Waals surface area contributed by atoms with Gasteiger partial charge in [0.15, 0.2) is 0 Å². The van der Waals surface area contributed by atoms with Gasteiger partial charge in [-0.1, -0.05) is 19.3 Å². The first-order valence-corrected chi connectivity index (χ1v) is 10.4. The van der Waals surface area contributed by atoms with Crippen LogP contribution in [0.1, 0.15) is 71.1 Å². The Kier molecular flexibility index (Phi) is 7.22. The van der Waals surface area contributed by atoms with Gasteiger partial charge in [0.2, 0.25) is 0 Å². The SMILES string of the molecule is CC1CC(Cl)NC(NC(=O)NC2CCCC(OC3CCCCC3)C2)N1. The van der Waals surface area contributed by atoms with Gasteiger partial charge in [0.05, 0.1) is 17.7 Å². The van der Waals surface area contributed by atoms with Gasteiger partial charge in [0, 0.05) is 12.1 Å². The highest BCUT2D eigenvalue weighted by Gasteiger charge is 2.28. The summed E-state index contributed by atoms with van der Waals surface area (Å²) in [6.45, 7) is 2.07. The molecule has 25 heavy (non-hydrogen) atoms. The van der Waals surface area contributed by atoms with Crippen LogP contribution in [0.25, 0.3) is 0 Å². The van der Waals surface area contributed by atoms with Crippen LogP contribution in [0.4, 0.5) is 4.79 Å². The van der Waals surface area contributed by atoms with Crippen LogP contribution in [0.5, 0.6) is 0 Å². The molecule has 2 amide bonds. The highest BCUT2D eigenvalue weighted by molar-refractivity contribution is 6.20. The lowest BCUT2D eigenvalue weighted by molar-refractivity contribution is -0.0493. The number of alkyl halides is 1. The van der Waals surface area contributed by atoms with Crippen molar-refractivity contribution < 1.29 is 9.53 Å². The van der Waals surface area contributed by atoms with E-state index in [0.29, 0.717) is 12.2 Å². The molecule has 2 saturated carbocycles. The molecule has 4 N–H and O–H groups in total. The number of carbonyl (C=O) groups is 1. The molecule has 3 aliphatic rings. The van der Waals surface area contributed by atoms with Crippen molar-refractivity contribution in [1.82, 2.24) is 21.3 Å². The predicted octanol–water partition coefficient (Wildman–Crippen LogP) is 2.77. The lowest BCUT2D eigenvalue weighted by Crippen LogP contribution is -2.65. The minimum atomic E-state index is -0.288. The minimum absolute atomic E-state index is 0.121. The molecule has 3 fully saturated rings. The van der Waals surface area contributed by atoms with E-state index < -0.39 is 0 Å². The topological polar surface area (TPSA) is 74.4 Å². The number of hydrogen-bond donors (Lipinski definition) is 4. The highest BCUT2D eigenvalue weighted by Crippen LogP contribution is 2.27. The molecule has 7 heteroatoms. The van der Waals surface area contributed by atoms with Crippen molar-refractivity contribution in [3.63, 3.8) is 0 Å². The largest absolute Gasteiger partial charge is 0.375 e. The molecule has 1 saturated heterocycles. The van der Waals surface area contributed by atoms with Gasteiger partial charge in [-0.2, -0.15) is 0 Å². The quantitative estimate of drug-likeness (QED) is 0.452. The Morgan fingerprint density at radius 2 is 1.72 bits per heavy atom. The second-order valence-electron chi connectivity index (χ2n) is 7.87. The van der Waals surface area contributed by atoms with Crippen molar-refractivity contribution in [2.45, 2.75) is 107 Å². The number of amides is 2. The molecular formula is C18H33ClN4O2. The number of halogens is 1. The molecular weight excluding hydrogens is 340 g/mol. The van der Waals surface area contributed by atoms with Gasteiger partial charge in [-0.3, -0.25) is 10.6 Å². The predicted molar refractivity (Wildman–Crippen MR) is 99.4 cm³/mol. The fourth-order valence-corrected chi connectivity index (χ4v) is 4.67. The summed E-state index contributed by atoms with van der Waals surface area (Å²) in [6, 6.07) is 0.318. The van der Waals surface area contributed by atoms with Gasteiger partial charge in [-0.15, -0.1) is 11.6 Å². The Morgan fingerprint density at radius 3 is 2.48 bits per heavy atom. The summed E-state index contributed by atoms with van der Waals surface area (Å²) in [5, 5.41) is 12.5. The molecule has 6 nitrogen and oxygen atoms in total. The van der Waals surface area contributed by atoms with Gasteiger partial charge in [-0.05, 0) is 51.9 Å². The maximum Gasteiger partial charge on any atom is 0.317 e. The van der Waals surface area contributed by atoms with E-state index in [-0.39, 0.29) is 29.9 Å². The van der Waals surface area contributed by atoms with E-state index in [1.807, 2.05) is 0 Å². The third-order valence-electron chi connectivity index (χ3n) is 5.53. The molecule has 0 aromatic carbocycles. The maximum atomic E-state index is 12.3. The first-order valence-electron chi connectivity index (χ1n) is 9.97. The van der Waals surface area contributed by atoms with Crippen molar-refractivity contribution in [2.75, 3.05) is 0 Å². The van der Waals surface area contributed by atoms with E-state index in [1.165, 1.54) is 32.1 Å². The monoisotopic (exact) mass is 372 g/mol. The normalized spacial score (nSPS) is 37.4. The molecule has 0 bridgehead atoms. The van der Waals surface area contributed by atoms with Crippen LogP contribution in [-0.2, 0) is 4.74 Å². The molecule has 1 heterocycles. The third-order valence-corrected chi connectivity index (χ3v) is 5.84. The fraction of sp³-hybridized carbons (Fsp3) is 0.944. The highest BCUT2D eigenvalue weighted by atomic mass is 35.5. The average molecular weight is 373 g/mol. The Labute approximate surface area is 156 Å². The summed E-state index contributed by atoms with van der Waals surface area (Å²) in [5.41, 5.74) is -0.121. The molecule has 144 valence electrons. The van der Waals surface area contributed by atoms with Crippen LogP contribution >= 0.6 is 11.6 Å². The van der Waals surface area contributed by atoms with E-state index in [2.05, 4.69) is 28.2 Å². The number of carbonyl (C=O) groups excluding carboxylic acids is 1. The van der Waals surface area contributed by atoms with Crippen LogP contribution in [0.15, 0.2) is 0 Å². The van der Waals surface area contributed by atoms with Gasteiger partial charge in [-0.25, -0.2) is 4.79 Å². The summed E-state index contributed by atoms with van der Waals surface area (Å²) in [4.78, 5) is 12.3.